The smallest absolute Gasteiger partial charge is 0.261 e. The Hall–Kier alpha value is -0.920. The van der Waals surface area contributed by atoms with Crippen molar-refractivity contribution >= 4 is 10.0 Å². The fourth-order valence-electron chi connectivity index (χ4n) is 2.37. The van der Waals surface area contributed by atoms with Gasteiger partial charge in [0.1, 0.15) is 0 Å². The Labute approximate surface area is 107 Å². The first kappa shape index (κ1) is 13.5. The number of imidazole rings is 1. The zero-order valence-electron chi connectivity index (χ0n) is 10.7. The van der Waals surface area contributed by atoms with E-state index in [1.54, 1.807) is 11.6 Å². The third-order valence-corrected chi connectivity index (χ3v) is 5.10. The quantitative estimate of drug-likeness (QED) is 0.858. The Balaban J connectivity index is 2.15. The van der Waals surface area contributed by atoms with Crippen LogP contribution in [0.3, 0.4) is 0 Å². The fraction of sp³-hybridized carbons (Fsp3) is 0.727. The minimum absolute atomic E-state index is 0.0223. The van der Waals surface area contributed by atoms with Crippen LogP contribution in [0.15, 0.2) is 17.6 Å². The van der Waals surface area contributed by atoms with Gasteiger partial charge in [-0.3, -0.25) is 0 Å². The number of aryl methyl sites for hydroxylation is 1. The zero-order valence-corrected chi connectivity index (χ0v) is 11.5. The highest BCUT2D eigenvalue weighted by Gasteiger charge is 2.36. The van der Waals surface area contributed by atoms with Crippen LogP contribution in [0.4, 0.5) is 0 Å². The molecule has 1 fully saturated rings. The molecule has 0 atom stereocenters. The summed E-state index contributed by atoms with van der Waals surface area (Å²) in [5, 5.41) is 10.3. The molecule has 0 aromatic carbocycles. The van der Waals surface area contributed by atoms with E-state index >= 15 is 0 Å². The van der Waals surface area contributed by atoms with Crippen molar-refractivity contribution in [2.24, 2.45) is 7.05 Å². The molecule has 1 saturated carbocycles. The number of sulfonamides is 1. The summed E-state index contributed by atoms with van der Waals surface area (Å²) < 4.78 is 27.2. The van der Waals surface area contributed by atoms with Gasteiger partial charge < -0.3 is 9.67 Å². The van der Waals surface area contributed by atoms with Crippen molar-refractivity contribution in [1.29, 1.82) is 0 Å². The Morgan fingerprint density at radius 2 is 2.11 bits per heavy atom. The highest BCUT2D eigenvalue weighted by Crippen LogP contribution is 2.31. The number of nitrogens with zero attached hydrogens (tertiary/aromatic N) is 3. The van der Waals surface area contributed by atoms with E-state index in [0.717, 1.165) is 12.8 Å². The summed E-state index contributed by atoms with van der Waals surface area (Å²) in [5.74, 6) is 0. The summed E-state index contributed by atoms with van der Waals surface area (Å²) in [6.45, 7) is 0.131. The minimum atomic E-state index is -3.60. The van der Waals surface area contributed by atoms with Crippen LogP contribution in [-0.2, 0) is 17.1 Å². The second kappa shape index (κ2) is 4.64. The molecule has 2 rings (SSSR count). The monoisotopic (exact) mass is 273 g/mol. The molecule has 0 aliphatic heterocycles. The number of aliphatic hydroxyl groups is 1. The first-order valence-corrected chi connectivity index (χ1v) is 7.44. The zero-order chi connectivity index (χ0) is 13.4. The van der Waals surface area contributed by atoms with E-state index < -0.39 is 15.6 Å². The van der Waals surface area contributed by atoms with E-state index in [4.69, 9.17) is 0 Å². The molecule has 18 heavy (non-hydrogen) atoms. The van der Waals surface area contributed by atoms with Gasteiger partial charge in [-0.05, 0) is 12.8 Å². The van der Waals surface area contributed by atoms with Crippen molar-refractivity contribution in [3.8, 4) is 0 Å². The van der Waals surface area contributed by atoms with Crippen molar-refractivity contribution in [2.45, 2.75) is 36.3 Å². The molecule has 7 heteroatoms. The van der Waals surface area contributed by atoms with E-state index in [-0.39, 0.29) is 11.6 Å². The SMILES string of the molecule is CN(CC1(O)CCCC1)S(=O)(=O)c1cn(C)cn1. The van der Waals surface area contributed by atoms with Gasteiger partial charge in [-0.1, -0.05) is 12.8 Å². The van der Waals surface area contributed by atoms with Gasteiger partial charge in [0.25, 0.3) is 10.0 Å². The molecule has 102 valence electrons. The van der Waals surface area contributed by atoms with Gasteiger partial charge in [-0.25, -0.2) is 13.4 Å². The largest absolute Gasteiger partial charge is 0.389 e. The predicted molar refractivity (Wildman–Crippen MR) is 66.4 cm³/mol. The lowest BCUT2D eigenvalue weighted by atomic mass is 10.0. The summed E-state index contributed by atoms with van der Waals surface area (Å²) in [6, 6.07) is 0. The van der Waals surface area contributed by atoms with E-state index in [2.05, 4.69) is 4.98 Å². The van der Waals surface area contributed by atoms with Crippen LogP contribution in [0.1, 0.15) is 25.7 Å². The Bertz CT molecular complexity index is 517. The van der Waals surface area contributed by atoms with Gasteiger partial charge in [0.2, 0.25) is 0 Å². The van der Waals surface area contributed by atoms with Gasteiger partial charge >= 0.3 is 0 Å². The Morgan fingerprint density at radius 1 is 1.50 bits per heavy atom. The van der Waals surface area contributed by atoms with Crippen LogP contribution < -0.4 is 0 Å². The first-order valence-electron chi connectivity index (χ1n) is 6.00. The van der Waals surface area contributed by atoms with E-state index in [9.17, 15) is 13.5 Å². The van der Waals surface area contributed by atoms with Crippen LogP contribution in [0.25, 0.3) is 0 Å². The molecular formula is C11H19N3O3S. The second-order valence-electron chi connectivity index (χ2n) is 5.07. The molecule has 1 aromatic rings. The summed E-state index contributed by atoms with van der Waals surface area (Å²) in [5.41, 5.74) is -0.878. The third kappa shape index (κ3) is 2.57. The van der Waals surface area contributed by atoms with E-state index in [1.807, 2.05) is 0 Å². The van der Waals surface area contributed by atoms with E-state index in [0.29, 0.717) is 12.8 Å². The number of rotatable bonds is 4. The molecule has 1 aliphatic rings. The summed E-state index contributed by atoms with van der Waals surface area (Å²) in [4.78, 5) is 3.86. The maximum Gasteiger partial charge on any atom is 0.261 e. The average molecular weight is 273 g/mol. The fourth-order valence-corrected chi connectivity index (χ4v) is 3.58. The topological polar surface area (TPSA) is 75.4 Å². The lowest BCUT2D eigenvalue weighted by Gasteiger charge is -2.27. The van der Waals surface area contributed by atoms with Crippen LogP contribution in [-0.4, -0.2) is 46.6 Å². The molecule has 0 radical (unpaired) electrons. The van der Waals surface area contributed by atoms with Crippen LogP contribution in [0.2, 0.25) is 0 Å². The molecule has 1 aromatic heterocycles. The van der Waals surface area contributed by atoms with Crippen molar-refractivity contribution in [1.82, 2.24) is 13.9 Å². The maximum atomic E-state index is 12.2. The molecule has 0 saturated heterocycles. The molecule has 1 N–H and O–H groups in total. The highest BCUT2D eigenvalue weighted by atomic mass is 32.2. The second-order valence-corrected chi connectivity index (χ2v) is 7.06. The molecule has 1 heterocycles. The summed E-state index contributed by atoms with van der Waals surface area (Å²) in [6.07, 6.45) is 6.14. The van der Waals surface area contributed by atoms with Crippen LogP contribution in [0, 0.1) is 0 Å². The number of likely N-dealkylation sites (N-methyl/N-ethyl adjacent to an activating group) is 1. The maximum absolute atomic E-state index is 12.2. The molecule has 0 amide bonds. The van der Waals surface area contributed by atoms with Gasteiger partial charge in [-0.2, -0.15) is 4.31 Å². The standard InChI is InChI=1S/C11H19N3O3S/c1-13-7-10(12-9-13)18(16,17)14(2)8-11(15)5-3-4-6-11/h7,9,15H,3-6,8H2,1-2H3. The van der Waals surface area contributed by atoms with Crippen molar-refractivity contribution in [2.75, 3.05) is 13.6 Å². The molecular weight excluding hydrogens is 254 g/mol. The van der Waals surface area contributed by atoms with Crippen LogP contribution in [0.5, 0.6) is 0 Å². The molecule has 1 aliphatic carbocycles. The molecule has 6 nitrogen and oxygen atoms in total. The first-order chi connectivity index (χ1) is 8.33. The van der Waals surface area contributed by atoms with E-state index in [1.165, 1.54) is 23.9 Å². The highest BCUT2D eigenvalue weighted by molar-refractivity contribution is 7.89. The lowest BCUT2D eigenvalue weighted by molar-refractivity contribution is 0.0333. The number of hydrogen-bond donors (Lipinski definition) is 1. The number of hydrogen-bond acceptors (Lipinski definition) is 4. The van der Waals surface area contributed by atoms with Gasteiger partial charge in [0.05, 0.1) is 11.9 Å². The summed E-state index contributed by atoms with van der Waals surface area (Å²) in [7, 11) is -0.397. The molecule has 0 unspecified atom stereocenters. The lowest BCUT2D eigenvalue weighted by Crippen LogP contribution is -2.42. The Kier molecular flexibility index (Phi) is 3.48. The van der Waals surface area contributed by atoms with Crippen molar-refractivity contribution in [3.63, 3.8) is 0 Å². The Morgan fingerprint density at radius 3 is 2.61 bits per heavy atom. The van der Waals surface area contributed by atoms with Crippen molar-refractivity contribution in [3.05, 3.63) is 12.5 Å². The van der Waals surface area contributed by atoms with Crippen LogP contribution >= 0.6 is 0 Å². The molecule has 0 bridgehead atoms. The number of aromatic nitrogens is 2. The van der Waals surface area contributed by atoms with Gasteiger partial charge in [0.15, 0.2) is 5.03 Å². The molecule has 0 spiro atoms. The van der Waals surface area contributed by atoms with Gasteiger partial charge in [-0.15, -0.1) is 0 Å². The average Bonchev–Trinajstić information content (AvgIpc) is 2.87. The normalized spacial score (nSPS) is 19.6. The predicted octanol–water partition coefficient (Wildman–Crippen LogP) is 0.346. The van der Waals surface area contributed by atoms with Gasteiger partial charge in [0, 0.05) is 26.8 Å². The third-order valence-electron chi connectivity index (χ3n) is 3.41. The minimum Gasteiger partial charge on any atom is -0.389 e. The summed E-state index contributed by atoms with van der Waals surface area (Å²) >= 11 is 0. The van der Waals surface area contributed by atoms with Crippen molar-refractivity contribution < 1.29 is 13.5 Å².